The summed E-state index contributed by atoms with van der Waals surface area (Å²) < 4.78 is 5.92. The van der Waals surface area contributed by atoms with Crippen molar-refractivity contribution in [2.75, 3.05) is 39.3 Å². The Balaban J connectivity index is 0.964. The summed E-state index contributed by atoms with van der Waals surface area (Å²) in [5, 5.41) is 3.91. The lowest BCUT2D eigenvalue weighted by Gasteiger charge is -2.32. The van der Waals surface area contributed by atoms with Gasteiger partial charge in [-0.15, -0.1) is 0 Å². The number of benzene rings is 2. The van der Waals surface area contributed by atoms with Crippen LogP contribution < -0.4 is 5.32 Å². The second kappa shape index (κ2) is 13.6. The molecule has 0 spiro atoms. The summed E-state index contributed by atoms with van der Waals surface area (Å²) in [6.07, 6.45) is 6.55. The lowest BCUT2D eigenvalue weighted by molar-refractivity contribution is -0.126. The highest BCUT2D eigenvalue weighted by Crippen LogP contribution is 2.26. The Labute approximate surface area is 237 Å². The number of halogens is 1. The number of rotatable bonds is 10. The van der Waals surface area contributed by atoms with Crippen molar-refractivity contribution in [2.24, 2.45) is 11.8 Å². The monoisotopic (exact) mass is 548 g/mol. The molecule has 0 atom stereocenters. The van der Waals surface area contributed by atoms with Crippen molar-refractivity contribution in [3.05, 3.63) is 76.6 Å². The molecule has 2 aliphatic heterocycles. The van der Waals surface area contributed by atoms with Crippen LogP contribution in [0.1, 0.15) is 49.1 Å². The molecule has 5 rings (SSSR count). The molecule has 0 saturated carbocycles. The summed E-state index contributed by atoms with van der Waals surface area (Å²) in [6, 6.07) is 18.4. The molecule has 0 unspecified atom stereocenters. The van der Waals surface area contributed by atoms with E-state index in [-0.39, 0.29) is 11.8 Å². The average molecular weight is 549 g/mol. The highest BCUT2D eigenvalue weighted by atomic mass is 35.5. The van der Waals surface area contributed by atoms with Gasteiger partial charge in [-0.05, 0) is 114 Å². The SMILES string of the molecule is Cc1oc(-c2ccc(Cl)cc2)nc1CN1CCC(C(=O)NCCCN2CCC(Cc3ccccc3)CC2)CC1. The molecule has 1 amide bonds. The van der Waals surface area contributed by atoms with Gasteiger partial charge in [-0.2, -0.15) is 0 Å². The lowest BCUT2D eigenvalue weighted by atomic mass is 9.90. The number of nitrogens with zero attached hydrogens (tertiary/aromatic N) is 3. The van der Waals surface area contributed by atoms with Crippen LogP contribution in [0.2, 0.25) is 5.02 Å². The third kappa shape index (κ3) is 7.93. The minimum atomic E-state index is 0.109. The van der Waals surface area contributed by atoms with Gasteiger partial charge in [0.2, 0.25) is 11.8 Å². The Kier molecular flexibility index (Phi) is 9.72. The van der Waals surface area contributed by atoms with Gasteiger partial charge in [0, 0.05) is 29.6 Å². The molecule has 1 N–H and O–H groups in total. The van der Waals surface area contributed by atoms with E-state index < -0.39 is 0 Å². The van der Waals surface area contributed by atoms with E-state index in [0.717, 1.165) is 74.9 Å². The minimum Gasteiger partial charge on any atom is -0.441 e. The van der Waals surface area contributed by atoms with Crippen molar-refractivity contribution in [1.82, 2.24) is 20.1 Å². The van der Waals surface area contributed by atoms with E-state index >= 15 is 0 Å². The molecular weight excluding hydrogens is 508 g/mol. The molecule has 6 nitrogen and oxygen atoms in total. The van der Waals surface area contributed by atoms with E-state index in [1.54, 1.807) is 0 Å². The number of nitrogens with one attached hydrogen (secondary N) is 1. The van der Waals surface area contributed by atoms with Gasteiger partial charge in [-0.1, -0.05) is 41.9 Å². The summed E-state index contributed by atoms with van der Waals surface area (Å²) in [5.74, 6) is 2.61. The molecule has 3 aromatic rings. The first-order valence-electron chi connectivity index (χ1n) is 14.5. The molecule has 0 radical (unpaired) electrons. The quantitative estimate of drug-likeness (QED) is 0.316. The second-order valence-electron chi connectivity index (χ2n) is 11.2. The van der Waals surface area contributed by atoms with E-state index in [9.17, 15) is 4.79 Å². The Morgan fingerprint density at radius 3 is 2.38 bits per heavy atom. The minimum absolute atomic E-state index is 0.109. The Morgan fingerprint density at radius 2 is 1.67 bits per heavy atom. The smallest absolute Gasteiger partial charge is 0.226 e. The van der Waals surface area contributed by atoms with Crippen LogP contribution in [0.5, 0.6) is 0 Å². The number of carbonyl (C=O) groups excluding carboxylic acids is 1. The molecule has 208 valence electrons. The zero-order valence-corrected chi connectivity index (χ0v) is 23.8. The molecule has 1 aromatic heterocycles. The fourth-order valence-corrected chi connectivity index (χ4v) is 6.00. The fourth-order valence-electron chi connectivity index (χ4n) is 5.88. The van der Waals surface area contributed by atoms with E-state index in [0.29, 0.717) is 10.9 Å². The summed E-state index contributed by atoms with van der Waals surface area (Å²) in [7, 11) is 0. The zero-order chi connectivity index (χ0) is 27.0. The maximum Gasteiger partial charge on any atom is 0.226 e. The summed E-state index contributed by atoms with van der Waals surface area (Å²) >= 11 is 6.00. The molecule has 2 fully saturated rings. The average Bonchev–Trinajstić information content (AvgIpc) is 3.33. The fraction of sp³-hybridized carbons (Fsp3) is 0.500. The van der Waals surface area contributed by atoms with Crippen LogP contribution >= 0.6 is 11.6 Å². The van der Waals surface area contributed by atoms with Crippen LogP contribution in [-0.4, -0.2) is 60.0 Å². The molecule has 2 aliphatic rings. The number of aryl methyl sites for hydroxylation is 1. The van der Waals surface area contributed by atoms with Gasteiger partial charge in [-0.25, -0.2) is 4.98 Å². The standard InChI is InChI=1S/C32H41ClN4O2/c1-24-30(35-32(39-24)28-8-10-29(33)11-9-28)23-37-20-14-27(15-21-37)31(38)34-16-5-17-36-18-12-26(13-19-36)22-25-6-3-2-4-7-25/h2-4,6-11,26-27H,5,12-23H2,1H3,(H,34,38). The molecule has 0 bridgehead atoms. The van der Waals surface area contributed by atoms with Crippen molar-refractivity contribution < 1.29 is 9.21 Å². The highest BCUT2D eigenvalue weighted by Gasteiger charge is 2.26. The maximum absolute atomic E-state index is 12.8. The molecule has 2 aromatic carbocycles. The van der Waals surface area contributed by atoms with Crippen molar-refractivity contribution >= 4 is 17.5 Å². The lowest BCUT2D eigenvalue weighted by Crippen LogP contribution is -2.41. The van der Waals surface area contributed by atoms with Crippen LogP contribution in [0.25, 0.3) is 11.5 Å². The first-order chi connectivity index (χ1) is 19.0. The van der Waals surface area contributed by atoms with Crippen LogP contribution in [0, 0.1) is 18.8 Å². The Bertz CT molecular complexity index is 1180. The molecule has 39 heavy (non-hydrogen) atoms. The Morgan fingerprint density at radius 1 is 0.974 bits per heavy atom. The van der Waals surface area contributed by atoms with E-state index in [1.807, 2.05) is 31.2 Å². The van der Waals surface area contributed by atoms with Crippen LogP contribution in [-0.2, 0) is 17.8 Å². The molecular formula is C32H41ClN4O2. The second-order valence-corrected chi connectivity index (χ2v) is 11.6. The summed E-state index contributed by atoms with van der Waals surface area (Å²) in [4.78, 5) is 22.5. The van der Waals surface area contributed by atoms with Crippen molar-refractivity contribution in [2.45, 2.75) is 52.0 Å². The normalized spacial score (nSPS) is 17.9. The van der Waals surface area contributed by atoms with Gasteiger partial charge in [0.25, 0.3) is 0 Å². The van der Waals surface area contributed by atoms with Crippen molar-refractivity contribution in [3.63, 3.8) is 0 Å². The van der Waals surface area contributed by atoms with Gasteiger partial charge in [0.05, 0.1) is 5.69 Å². The zero-order valence-electron chi connectivity index (χ0n) is 23.1. The van der Waals surface area contributed by atoms with Gasteiger partial charge in [-0.3, -0.25) is 9.69 Å². The van der Waals surface area contributed by atoms with Gasteiger partial charge in [0.1, 0.15) is 5.76 Å². The Hall–Kier alpha value is -2.67. The highest BCUT2D eigenvalue weighted by molar-refractivity contribution is 6.30. The number of carbonyl (C=O) groups is 1. The van der Waals surface area contributed by atoms with Crippen molar-refractivity contribution in [1.29, 1.82) is 0 Å². The molecule has 7 heteroatoms. The number of amides is 1. The summed E-state index contributed by atoms with van der Waals surface area (Å²) in [6.45, 7) is 8.72. The van der Waals surface area contributed by atoms with Crippen LogP contribution in [0.15, 0.2) is 59.0 Å². The van der Waals surface area contributed by atoms with Crippen LogP contribution in [0.3, 0.4) is 0 Å². The third-order valence-electron chi connectivity index (χ3n) is 8.34. The predicted octanol–water partition coefficient (Wildman–Crippen LogP) is 5.98. The third-order valence-corrected chi connectivity index (χ3v) is 8.59. The van der Waals surface area contributed by atoms with E-state index in [1.165, 1.54) is 37.9 Å². The number of oxazole rings is 1. The largest absolute Gasteiger partial charge is 0.441 e. The number of likely N-dealkylation sites (tertiary alicyclic amines) is 2. The molecule has 3 heterocycles. The predicted molar refractivity (Wildman–Crippen MR) is 157 cm³/mol. The number of hydrogen-bond donors (Lipinski definition) is 1. The van der Waals surface area contributed by atoms with E-state index in [4.69, 9.17) is 21.0 Å². The van der Waals surface area contributed by atoms with Crippen LogP contribution in [0.4, 0.5) is 0 Å². The molecule has 2 saturated heterocycles. The van der Waals surface area contributed by atoms with E-state index in [2.05, 4.69) is 45.4 Å². The number of hydrogen-bond acceptors (Lipinski definition) is 5. The number of piperidine rings is 2. The first-order valence-corrected chi connectivity index (χ1v) is 14.9. The van der Waals surface area contributed by atoms with Gasteiger partial charge < -0.3 is 14.6 Å². The van der Waals surface area contributed by atoms with Crippen molar-refractivity contribution in [3.8, 4) is 11.5 Å². The molecule has 0 aliphatic carbocycles. The summed E-state index contributed by atoms with van der Waals surface area (Å²) in [5.41, 5.74) is 3.35. The number of aromatic nitrogens is 1. The first kappa shape index (κ1) is 27.9. The maximum atomic E-state index is 12.8. The van der Waals surface area contributed by atoms with Gasteiger partial charge in [0.15, 0.2) is 0 Å². The topological polar surface area (TPSA) is 61.6 Å². The van der Waals surface area contributed by atoms with Gasteiger partial charge >= 0.3 is 0 Å².